The Morgan fingerprint density at radius 1 is 0.952 bits per heavy atom. The molecule has 42 heavy (non-hydrogen) atoms. The lowest BCUT2D eigenvalue weighted by Gasteiger charge is -2.18. The van der Waals surface area contributed by atoms with Gasteiger partial charge in [0, 0.05) is 29.8 Å². The monoisotopic (exact) mass is 570 g/mol. The van der Waals surface area contributed by atoms with Gasteiger partial charge >= 0.3 is 0 Å². The van der Waals surface area contributed by atoms with Crippen molar-refractivity contribution in [2.75, 3.05) is 11.4 Å². The van der Waals surface area contributed by atoms with Gasteiger partial charge in [-0.05, 0) is 48.4 Å². The SMILES string of the molecule is Cc1cc(CNC(=O)c2cc(C(=O)N[C@H]3CN(C(=O)c4cc(F)cc(F)c4)c4cc(C#N)ccc43)ncn2)ccc1F. The number of anilines is 1. The van der Waals surface area contributed by atoms with Crippen molar-refractivity contribution in [2.24, 2.45) is 0 Å². The average Bonchev–Trinajstić information content (AvgIpc) is 3.33. The molecule has 210 valence electrons. The standard InChI is InChI=1S/C30H21F3N6O3/c1-16-6-18(3-5-23(16)33)13-35-28(40)24-11-25(37-15-36-24)29(41)38-26-14-39(27-7-17(12-34)2-4-22(26)27)30(42)19-8-20(31)10-21(32)9-19/h2-11,15,26H,13-14H2,1H3,(H,35,40)(H,38,41)/t26-/m0/s1. The lowest BCUT2D eigenvalue weighted by atomic mass is 10.1. The van der Waals surface area contributed by atoms with Gasteiger partial charge in [-0.1, -0.05) is 18.2 Å². The number of halogens is 3. The molecule has 4 aromatic rings. The molecule has 12 heteroatoms. The molecule has 0 radical (unpaired) electrons. The first-order valence-electron chi connectivity index (χ1n) is 12.6. The third-order valence-corrected chi connectivity index (χ3v) is 6.66. The maximum absolute atomic E-state index is 13.8. The van der Waals surface area contributed by atoms with Crippen molar-refractivity contribution in [3.8, 4) is 6.07 Å². The van der Waals surface area contributed by atoms with E-state index in [2.05, 4.69) is 20.6 Å². The van der Waals surface area contributed by atoms with E-state index in [0.717, 1.165) is 18.5 Å². The van der Waals surface area contributed by atoms with E-state index in [1.807, 2.05) is 6.07 Å². The van der Waals surface area contributed by atoms with Crippen LogP contribution in [-0.2, 0) is 6.54 Å². The van der Waals surface area contributed by atoms with E-state index in [1.165, 1.54) is 29.2 Å². The summed E-state index contributed by atoms with van der Waals surface area (Å²) in [4.78, 5) is 48.2. The van der Waals surface area contributed by atoms with Gasteiger partial charge in [0.2, 0.25) is 0 Å². The summed E-state index contributed by atoms with van der Waals surface area (Å²) in [5.41, 5.74) is 1.70. The predicted molar refractivity (Wildman–Crippen MR) is 144 cm³/mol. The minimum atomic E-state index is -0.926. The van der Waals surface area contributed by atoms with Crippen LogP contribution in [0.2, 0.25) is 0 Å². The third kappa shape index (κ3) is 5.80. The Balaban J connectivity index is 1.33. The van der Waals surface area contributed by atoms with Crippen molar-refractivity contribution in [1.82, 2.24) is 20.6 Å². The van der Waals surface area contributed by atoms with Crippen LogP contribution in [0.25, 0.3) is 0 Å². The van der Waals surface area contributed by atoms with Gasteiger partial charge in [-0.2, -0.15) is 5.26 Å². The first-order valence-corrected chi connectivity index (χ1v) is 12.6. The molecule has 1 atom stereocenters. The molecule has 1 aromatic heterocycles. The zero-order valence-corrected chi connectivity index (χ0v) is 22.0. The van der Waals surface area contributed by atoms with Crippen LogP contribution in [0.3, 0.4) is 0 Å². The smallest absolute Gasteiger partial charge is 0.270 e. The summed E-state index contributed by atoms with van der Waals surface area (Å²) in [5.74, 6) is -4.19. The number of carbonyl (C=O) groups is 3. The van der Waals surface area contributed by atoms with Crippen molar-refractivity contribution in [3.63, 3.8) is 0 Å². The summed E-state index contributed by atoms with van der Waals surface area (Å²) < 4.78 is 41.1. The summed E-state index contributed by atoms with van der Waals surface area (Å²) in [6.45, 7) is 1.62. The number of aryl methyl sites for hydroxylation is 1. The second kappa shape index (κ2) is 11.5. The van der Waals surface area contributed by atoms with Crippen molar-refractivity contribution in [3.05, 3.63) is 124 Å². The molecule has 0 unspecified atom stereocenters. The molecule has 3 amide bonds. The van der Waals surface area contributed by atoms with Crippen LogP contribution in [0, 0.1) is 35.7 Å². The highest BCUT2D eigenvalue weighted by Gasteiger charge is 2.35. The summed E-state index contributed by atoms with van der Waals surface area (Å²) in [6, 6.07) is 13.8. The Morgan fingerprint density at radius 2 is 1.67 bits per heavy atom. The van der Waals surface area contributed by atoms with E-state index < -0.39 is 35.4 Å². The second-order valence-corrected chi connectivity index (χ2v) is 9.54. The normalized spacial score (nSPS) is 13.7. The molecule has 1 aliphatic heterocycles. The van der Waals surface area contributed by atoms with E-state index in [1.54, 1.807) is 25.1 Å². The molecule has 0 fully saturated rings. The van der Waals surface area contributed by atoms with Gasteiger partial charge in [0.15, 0.2) is 0 Å². The van der Waals surface area contributed by atoms with Gasteiger partial charge in [-0.25, -0.2) is 23.1 Å². The zero-order chi connectivity index (χ0) is 30.0. The van der Waals surface area contributed by atoms with Gasteiger partial charge in [-0.15, -0.1) is 0 Å². The van der Waals surface area contributed by atoms with Crippen LogP contribution < -0.4 is 15.5 Å². The molecule has 0 bridgehead atoms. The van der Waals surface area contributed by atoms with Gasteiger partial charge < -0.3 is 15.5 Å². The van der Waals surface area contributed by atoms with E-state index in [-0.39, 0.29) is 41.4 Å². The number of aromatic nitrogens is 2. The highest BCUT2D eigenvalue weighted by Crippen LogP contribution is 2.37. The number of amides is 3. The van der Waals surface area contributed by atoms with Crippen molar-refractivity contribution < 1.29 is 27.6 Å². The fraction of sp³-hybridized carbons (Fsp3) is 0.133. The number of nitriles is 1. The quantitative estimate of drug-likeness (QED) is 0.359. The van der Waals surface area contributed by atoms with Crippen LogP contribution >= 0.6 is 0 Å². The number of nitrogens with one attached hydrogen (secondary N) is 2. The Kier molecular flexibility index (Phi) is 7.66. The fourth-order valence-corrected chi connectivity index (χ4v) is 4.60. The summed E-state index contributed by atoms with van der Waals surface area (Å²) in [7, 11) is 0. The lowest BCUT2D eigenvalue weighted by Crippen LogP contribution is -2.36. The molecule has 2 heterocycles. The number of fused-ring (bicyclic) bond motifs is 1. The van der Waals surface area contributed by atoms with Crippen LogP contribution in [0.5, 0.6) is 0 Å². The summed E-state index contributed by atoms with van der Waals surface area (Å²) in [5, 5.41) is 14.8. The average molecular weight is 571 g/mol. The Morgan fingerprint density at radius 3 is 2.36 bits per heavy atom. The van der Waals surface area contributed by atoms with Crippen LogP contribution in [0.15, 0.2) is 67.0 Å². The first kappa shape index (κ1) is 28.0. The van der Waals surface area contributed by atoms with Crippen LogP contribution in [0.1, 0.15) is 59.6 Å². The zero-order valence-electron chi connectivity index (χ0n) is 22.0. The summed E-state index contributed by atoms with van der Waals surface area (Å²) >= 11 is 0. The molecule has 2 N–H and O–H groups in total. The largest absolute Gasteiger partial charge is 0.347 e. The second-order valence-electron chi connectivity index (χ2n) is 9.54. The summed E-state index contributed by atoms with van der Waals surface area (Å²) in [6.07, 6.45) is 1.06. The molecule has 3 aromatic carbocycles. The Labute approximate surface area is 237 Å². The van der Waals surface area contributed by atoms with Gasteiger partial charge in [0.1, 0.15) is 35.2 Å². The number of hydrogen-bond donors (Lipinski definition) is 2. The van der Waals surface area contributed by atoms with Crippen molar-refractivity contribution >= 4 is 23.4 Å². The van der Waals surface area contributed by atoms with Crippen LogP contribution in [-0.4, -0.2) is 34.2 Å². The molecule has 5 rings (SSSR count). The molecule has 0 spiro atoms. The number of benzene rings is 3. The Hall–Kier alpha value is -5.57. The highest BCUT2D eigenvalue weighted by atomic mass is 19.1. The number of nitrogens with zero attached hydrogens (tertiary/aromatic N) is 4. The highest BCUT2D eigenvalue weighted by molar-refractivity contribution is 6.08. The topological polar surface area (TPSA) is 128 Å². The molecule has 0 saturated heterocycles. The molecule has 9 nitrogen and oxygen atoms in total. The van der Waals surface area contributed by atoms with Gasteiger partial charge in [-0.3, -0.25) is 14.4 Å². The van der Waals surface area contributed by atoms with E-state index >= 15 is 0 Å². The third-order valence-electron chi connectivity index (χ3n) is 6.66. The van der Waals surface area contributed by atoms with Gasteiger partial charge in [0.05, 0.1) is 29.9 Å². The fourth-order valence-electron chi connectivity index (χ4n) is 4.60. The van der Waals surface area contributed by atoms with Crippen molar-refractivity contribution in [2.45, 2.75) is 19.5 Å². The van der Waals surface area contributed by atoms with Gasteiger partial charge in [0.25, 0.3) is 17.7 Å². The minimum Gasteiger partial charge on any atom is -0.347 e. The van der Waals surface area contributed by atoms with E-state index in [0.29, 0.717) is 28.4 Å². The Bertz CT molecular complexity index is 1770. The predicted octanol–water partition coefficient (Wildman–Crippen LogP) is 4.14. The molecule has 1 aliphatic rings. The number of rotatable bonds is 6. The maximum Gasteiger partial charge on any atom is 0.270 e. The first-order chi connectivity index (χ1) is 20.1. The van der Waals surface area contributed by atoms with Crippen LogP contribution in [0.4, 0.5) is 18.9 Å². The maximum atomic E-state index is 13.8. The minimum absolute atomic E-state index is 0.0793. The molecule has 0 saturated carbocycles. The van der Waals surface area contributed by atoms with E-state index in [9.17, 15) is 32.8 Å². The molecular formula is C30H21F3N6O3. The molecule has 0 aliphatic carbocycles. The number of hydrogen-bond acceptors (Lipinski definition) is 6. The number of carbonyl (C=O) groups excluding carboxylic acids is 3. The lowest BCUT2D eigenvalue weighted by molar-refractivity contribution is 0.0924. The van der Waals surface area contributed by atoms with Crippen molar-refractivity contribution in [1.29, 1.82) is 5.26 Å². The van der Waals surface area contributed by atoms with E-state index in [4.69, 9.17) is 0 Å². The molecular weight excluding hydrogens is 549 g/mol.